The second-order valence-corrected chi connectivity index (χ2v) is 7.50. The van der Waals surface area contributed by atoms with Gasteiger partial charge in [0.2, 0.25) is 5.91 Å². The van der Waals surface area contributed by atoms with Crippen molar-refractivity contribution in [2.45, 2.75) is 26.2 Å². The number of amides is 2. The van der Waals surface area contributed by atoms with E-state index in [0.717, 1.165) is 38.0 Å². The van der Waals surface area contributed by atoms with Crippen molar-refractivity contribution in [2.75, 3.05) is 26.2 Å². The molecule has 1 atom stereocenters. The predicted octanol–water partition coefficient (Wildman–Crippen LogP) is 1.55. The molecule has 2 amide bonds. The number of piperidine rings is 1. The van der Waals surface area contributed by atoms with Gasteiger partial charge in [-0.1, -0.05) is 22.9 Å². The van der Waals surface area contributed by atoms with Crippen LogP contribution in [0.4, 0.5) is 0 Å². The van der Waals surface area contributed by atoms with E-state index in [1.54, 1.807) is 23.7 Å². The largest absolute Gasteiger partial charge is 0.369 e. The third-order valence-electron chi connectivity index (χ3n) is 5.01. The van der Waals surface area contributed by atoms with E-state index in [0.29, 0.717) is 29.5 Å². The van der Waals surface area contributed by atoms with Crippen molar-refractivity contribution >= 4 is 23.4 Å². The Morgan fingerprint density at radius 1 is 1.39 bits per heavy atom. The molecule has 0 aliphatic carbocycles. The van der Waals surface area contributed by atoms with Crippen molar-refractivity contribution in [3.8, 4) is 5.69 Å². The van der Waals surface area contributed by atoms with Crippen molar-refractivity contribution < 1.29 is 9.59 Å². The molecule has 1 unspecified atom stereocenters. The highest BCUT2D eigenvalue weighted by Gasteiger charge is 2.23. The molecule has 0 spiro atoms. The quantitative estimate of drug-likeness (QED) is 0.681. The molecule has 1 aromatic heterocycles. The van der Waals surface area contributed by atoms with E-state index in [-0.39, 0.29) is 17.7 Å². The average molecular weight is 405 g/mol. The van der Waals surface area contributed by atoms with Gasteiger partial charge in [-0.15, -0.1) is 5.10 Å². The van der Waals surface area contributed by atoms with Crippen LogP contribution in [-0.2, 0) is 4.79 Å². The molecule has 28 heavy (non-hydrogen) atoms. The van der Waals surface area contributed by atoms with Gasteiger partial charge in [0, 0.05) is 18.1 Å². The van der Waals surface area contributed by atoms with Gasteiger partial charge in [-0.25, -0.2) is 4.68 Å². The van der Waals surface area contributed by atoms with Crippen LogP contribution in [-0.4, -0.2) is 57.9 Å². The topological polar surface area (TPSA) is 106 Å². The molecule has 1 aliphatic rings. The SMILES string of the molecule is Cc1c(C(=O)NCCCN2CCCC(C(N)=O)C2)nnn1-c1cccc(Cl)c1. The molecule has 0 saturated carbocycles. The Morgan fingerprint density at radius 2 is 2.21 bits per heavy atom. The number of likely N-dealkylation sites (tertiary alicyclic amines) is 1. The molecular weight excluding hydrogens is 380 g/mol. The normalized spacial score (nSPS) is 17.4. The summed E-state index contributed by atoms with van der Waals surface area (Å²) in [6.07, 6.45) is 2.63. The lowest BCUT2D eigenvalue weighted by Crippen LogP contribution is -2.42. The lowest BCUT2D eigenvalue weighted by Gasteiger charge is -2.31. The number of nitrogens with one attached hydrogen (secondary N) is 1. The fraction of sp³-hybridized carbons (Fsp3) is 0.474. The number of rotatable bonds is 7. The molecule has 9 heteroatoms. The molecular formula is C19H25ClN6O2. The molecule has 0 bridgehead atoms. The fourth-order valence-electron chi connectivity index (χ4n) is 3.47. The van der Waals surface area contributed by atoms with Crippen LogP contribution in [0.1, 0.15) is 35.4 Å². The zero-order chi connectivity index (χ0) is 20.1. The van der Waals surface area contributed by atoms with Gasteiger partial charge in [-0.3, -0.25) is 9.59 Å². The highest BCUT2D eigenvalue weighted by atomic mass is 35.5. The molecule has 3 N–H and O–H groups in total. The highest BCUT2D eigenvalue weighted by Crippen LogP contribution is 2.17. The monoisotopic (exact) mass is 404 g/mol. The summed E-state index contributed by atoms with van der Waals surface area (Å²) in [4.78, 5) is 26.0. The second kappa shape index (κ2) is 9.16. The molecule has 1 aliphatic heterocycles. The molecule has 8 nitrogen and oxygen atoms in total. The van der Waals surface area contributed by atoms with Crippen molar-refractivity contribution in [3.63, 3.8) is 0 Å². The first kappa shape index (κ1) is 20.3. The number of hydrogen-bond donors (Lipinski definition) is 2. The van der Waals surface area contributed by atoms with E-state index in [4.69, 9.17) is 17.3 Å². The van der Waals surface area contributed by atoms with Crippen LogP contribution in [0.25, 0.3) is 5.69 Å². The maximum atomic E-state index is 12.4. The van der Waals surface area contributed by atoms with Crippen molar-refractivity contribution in [1.82, 2.24) is 25.2 Å². The van der Waals surface area contributed by atoms with Gasteiger partial charge in [0.15, 0.2) is 5.69 Å². The maximum Gasteiger partial charge on any atom is 0.273 e. The number of carbonyl (C=O) groups is 2. The molecule has 2 aromatic rings. The van der Waals surface area contributed by atoms with E-state index >= 15 is 0 Å². The molecule has 3 rings (SSSR count). The van der Waals surface area contributed by atoms with Gasteiger partial charge in [0.1, 0.15) is 0 Å². The Balaban J connectivity index is 1.50. The van der Waals surface area contributed by atoms with Crippen LogP contribution < -0.4 is 11.1 Å². The number of carbonyl (C=O) groups excluding carboxylic acids is 2. The number of halogens is 1. The second-order valence-electron chi connectivity index (χ2n) is 7.07. The van der Waals surface area contributed by atoms with Crippen LogP contribution >= 0.6 is 11.6 Å². The van der Waals surface area contributed by atoms with E-state index in [1.165, 1.54) is 0 Å². The minimum absolute atomic E-state index is 0.0625. The van der Waals surface area contributed by atoms with Crippen LogP contribution in [0.3, 0.4) is 0 Å². The summed E-state index contributed by atoms with van der Waals surface area (Å²) in [5.41, 5.74) is 7.12. The van der Waals surface area contributed by atoms with Crippen LogP contribution in [0, 0.1) is 12.8 Å². The third-order valence-corrected chi connectivity index (χ3v) is 5.24. The lowest BCUT2D eigenvalue weighted by atomic mass is 9.97. The van der Waals surface area contributed by atoms with Gasteiger partial charge < -0.3 is 16.0 Å². The van der Waals surface area contributed by atoms with Crippen LogP contribution in [0.2, 0.25) is 5.02 Å². The Bertz CT molecular complexity index is 853. The maximum absolute atomic E-state index is 12.4. The Hall–Kier alpha value is -2.45. The van der Waals surface area contributed by atoms with Gasteiger partial charge in [0.25, 0.3) is 5.91 Å². The first-order chi connectivity index (χ1) is 13.5. The Morgan fingerprint density at radius 3 is 2.96 bits per heavy atom. The van der Waals surface area contributed by atoms with Crippen molar-refractivity contribution in [1.29, 1.82) is 0 Å². The zero-order valence-corrected chi connectivity index (χ0v) is 16.7. The first-order valence-electron chi connectivity index (χ1n) is 9.44. The molecule has 2 heterocycles. The first-order valence-corrected chi connectivity index (χ1v) is 9.81. The number of aromatic nitrogens is 3. The van der Waals surface area contributed by atoms with Crippen LogP contribution in [0.15, 0.2) is 24.3 Å². The summed E-state index contributed by atoms with van der Waals surface area (Å²) in [6, 6.07) is 7.22. The van der Waals surface area contributed by atoms with E-state index < -0.39 is 0 Å². The summed E-state index contributed by atoms with van der Waals surface area (Å²) < 4.78 is 1.60. The van der Waals surface area contributed by atoms with Crippen molar-refractivity contribution in [3.05, 3.63) is 40.7 Å². The standard InChI is InChI=1S/C19H25ClN6O2/c1-13-17(23-24-26(13)16-7-2-6-15(20)11-16)19(28)22-8-4-10-25-9-3-5-14(12-25)18(21)27/h2,6-7,11,14H,3-5,8-10,12H2,1H3,(H2,21,27)(H,22,28). The predicted molar refractivity (Wildman–Crippen MR) is 106 cm³/mol. The van der Waals surface area contributed by atoms with Gasteiger partial charge in [-0.2, -0.15) is 0 Å². The number of nitrogens with two attached hydrogens (primary N) is 1. The Labute approximate surface area is 169 Å². The number of hydrogen-bond acceptors (Lipinski definition) is 5. The smallest absolute Gasteiger partial charge is 0.273 e. The third kappa shape index (κ3) is 4.88. The summed E-state index contributed by atoms with van der Waals surface area (Å²) in [7, 11) is 0. The molecule has 0 radical (unpaired) electrons. The summed E-state index contributed by atoms with van der Waals surface area (Å²) >= 11 is 6.02. The number of benzene rings is 1. The van der Waals surface area contributed by atoms with Gasteiger partial charge in [-0.05, 0) is 57.5 Å². The van der Waals surface area contributed by atoms with E-state index in [2.05, 4.69) is 20.5 Å². The Kier molecular flexibility index (Phi) is 6.64. The zero-order valence-electron chi connectivity index (χ0n) is 15.9. The minimum Gasteiger partial charge on any atom is -0.369 e. The fourth-order valence-corrected chi connectivity index (χ4v) is 3.66. The highest BCUT2D eigenvalue weighted by molar-refractivity contribution is 6.30. The average Bonchev–Trinajstić information content (AvgIpc) is 3.07. The summed E-state index contributed by atoms with van der Waals surface area (Å²) in [5.74, 6) is -0.539. The molecule has 1 aromatic carbocycles. The number of nitrogens with zero attached hydrogens (tertiary/aromatic N) is 4. The van der Waals surface area contributed by atoms with E-state index in [1.807, 2.05) is 12.1 Å². The van der Waals surface area contributed by atoms with Crippen molar-refractivity contribution in [2.24, 2.45) is 11.7 Å². The van der Waals surface area contributed by atoms with Crippen LogP contribution in [0.5, 0.6) is 0 Å². The molecule has 1 fully saturated rings. The molecule has 150 valence electrons. The molecule has 1 saturated heterocycles. The number of primary amides is 1. The summed E-state index contributed by atoms with van der Waals surface area (Å²) in [6.45, 7) is 4.81. The summed E-state index contributed by atoms with van der Waals surface area (Å²) in [5, 5.41) is 11.6. The lowest BCUT2D eigenvalue weighted by molar-refractivity contribution is -0.123. The van der Waals surface area contributed by atoms with Gasteiger partial charge in [0.05, 0.1) is 17.3 Å². The minimum atomic E-state index is -0.251. The van der Waals surface area contributed by atoms with Gasteiger partial charge >= 0.3 is 0 Å². The van der Waals surface area contributed by atoms with E-state index in [9.17, 15) is 9.59 Å².